The smallest absolute Gasteiger partial charge is 0.344 e. The summed E-state index contributed by atoms with van der Waals surface area (Å²) >= 11 is 2.88. The molecule has 2 atom stereocenters. The Kier molecular flexibility index (Phi) is 5.75. The number of carbonyl (C=O) groups excluding carboxylic acids is 1. The van der Waals surface area contributed by atoms with Crippen molar-refractivity contribution in [3.8, 4) is 0 Å². The molecule has 0 saturated carbocycles. The van der Waals surface area contributed by atoms with Crippen molar-refractivity contribution in [2.75, 3.05) is 6.61 Å². The van der Waals surface area contributed by atoms with Crippen LogP contribution in [-0.4, -0.2) is 38.6 Å². The summed E-state index contributed by atoms with van der Waals surface area (Å²) in [5.74, 6) is -0.0764. The number of nitrogens with one attached hydrogen (secondary N) is 2. The lowest BCUT2D eigenvalue weighted by molar-refractivity contribution is -0.120. The number of nitrogens with zero attached hydrogens (tertiary/aromatic N) is 2. The Balaban J connectivity index is 1.58. The molecule has 0 bridgehead atoms. The van der Waals surface area contributed by atoms with Gasteiger partial charge in [-0.1, -0.05) is 17.8 Å². The average molecular weight is 368 g/mol. The van der Waals surface area contributed by atoms with Crippen molar-refractivity contribution in [1.82, 2.24) is 20.1 Å². The predicted molar refractivity (Wildman–Crippen MR) is 93.3 cm³/mol. The third kappa shape index (κ3) is 4.28. The van der Waals surface area contributed by atoms with Gasteiger partial charge in [0.05, 0.1) is 24.4 Å². The van der Waals surface area contributed by atoms with Crippen LogP contribution in [0.1, 0.15) is 24.6 Å². The summed E-state index contributed by atoms with van der Waals surface area (Å²) in [6.45, 7) is 3.54. The minimum absolute atomic E-state index is 0.0441. The van der Waals surface area contributed by atoms with Gasteiger partial charge in [0.25, 0.3) is 0 Å². The van der Waals surface area contributed by atoms with Crippen LogP contribution in [0.4, 0.5) is 0 Å². The summed E-state index contributed by atoms with van der Waals surface area (Å²) < 4.78 is 7.14. The fraction of sp³-hybridized carbons (Fsp3) is 0.533. The summed E-state index contributed by atoms with van der Waals surface area (Å²) in [7, 11) is 0. The summed E-state index contributed by atoms with van der Waals surface area (Å²) in [5.41, 5.74) is -0.265. The Morgan fingerprint density at radius 2 is 2.54 bits per heavy atom. The van der Waals surface area contributed by atoms with E-state index in [0.717, 1.165) is 24.3 Å². The van der Waals surface area contributed by atoms with Crippen LogP contribution < -0.4 is 11.0 Å². The normalized spacial score (nSPS) is 18.6. The second-order valence-electron chi connectivity index (χ2n) is 5.61. The van der Waals surface area contributed by atoms with Crippen LogP contribution in [0.25, 0.3) is 0 Å². The van der Waals surface area contributed by atoms with E-state index in [1.54, 1.807) is 15.9 Å². The Morgan fingerprint density at radius 1 is 1.67 bits per heavy atom. The lowest BCUT2D eigenvalue weighted by Crippen LogP contribution is -2.31. The van der Waals surface area contributed by atoms with E-state index in [1.807, 2.05) is 24.4 Å². The molecule has 1 fully saturated rings. The number of rotatable bonds is 7. The first-order valence-corrected chi connectivity index (χ1v) is 9.63. The van der Waals surface area contributed by atoms with E-state index in [1.165, 1.54) is 11.8 Å². The number of aromatic amines is 1. The molecule has 1 aliphatic heterocycles. The SMILES string of the molecule is CC(Sc1n[nH]c(=O)n1CC1CCCO1)C(=O)NCc1cccs1. The maximum Gasteiger partial charge on any atom is 0.344 e. The molecule has 0 aromatic carbocycles. The largest absolute Gasteiger partial charge is 0.376 e. The number of carbonyl (C=O) groups is 1. The van der Waals surface area contributed by atoms with Gasteiger partial charge in [0.1, 0.15) is 0 Å². The van der Waals surface area contributed by atoms with Crippen LogP contribution in [-0.2, 0) is 22.6 Å². The zero-order valence-corrected chi connectivity index (χ0v) is 15.0. The number of thioether (sulfide) groups is 1. The summed E-state index contributed by atoms with van der Waals surface area (Å²) in [5, 5.41) is 11.6. The standard InChI is InChI=1S/C15H20N4O3S2/c1-10(13(20)16-8-12-5-3-7-23-12)24-15-18-17-14(21)19(15)9-11-4-2-6-22-11/h3,5,7,10-11H,2,4,6,8-9H2,1H3,(H,16,20)(H,17,21). The fourth-order valence-corrected chi connectivity index (χ4v) is 4.02. The molecule has 0 spiro atoms. The van der Waals surface area contributed by atoms with Gasteiger partial charge in [-0.3, -0.25) is 9.36 Å². The van der Waals surface area contributed by atoms with E-state index in [9.17, 15) is 9.59 Å². The first-order valence-electron chi connectivity index (χ1n) is 7.87. The van der Waals surface area contributed by atoms with E-state index in [4.69, 9.17) is 4.74 Å². The van der Waals surface area contributed by atoms with Crippen molar-refractivity contribution in [2.45, 2.75) is 49.4 Å². The molecule has 0 radical (unpaired) electrons. The molecule has 3 rings (SSSR count). The Bertz CT molecular complexity index is 719. The first kappa shape index (κ1) is 17.2. The molecule has 9 heteroatoms. The number of hydrogen-bond acceptors (Lipinski definition) is 6. The number of thiophene rings is 1. The van der Waals surface area contributed by atoms with Gasteiger partial charge in [-0.05, 0) is 31.2 Å². The zero-order chi connectivity index (χ0) is 16.9. The minimum Gasteiger partial charge on any atom is -0.376 e. The van der Waals surface area contributed by atoms with Gasteiger partial charge in [0, 0.05) is 11.5 Å². The number of aromatic nitrogens is 3. The van der Waals surface area contributed by atoms with Crippen molar-refractivity contribution in [3.05, 3.63) is 32.9 Å². The highest BCUT2D eigenvalue weighted by Gasteiger charge is 2.22. The number of amides is 1. The Hall–Kier alpha value is -1.58. The van der Waals surface area contributed by atoms with Crippen molar-refractivity contribution < 1.29 is 9.53 Å². The molecule has 3 heterocycles. The highest BCUT2D eigenvalue weighted by molar-refractivity contribution is 8.00. The van der Waals surface area contributed by atoms with Crippen LogP contribution >= 0.6 is 23.1 Å². The first-order chi connectivity index (χ1) is 11.6. The molecule has 1 saturated heterocycles. The minimum atomic E-state index is -0.344. The fourth-order valence-electron chi connectivity index (χ4n) is 2.49. The molecular weight excluding hydrogens is 348 g/mol. The molecule has 2 unspecified atom stereocenters. The second-order valence-corrected chi connectivity index (χ2v) is 7.95. The monoisotopic (exact) mass is 368 g/mol. The van der Waals surface area contributed by atoms with Gasteiger partial charge < -0.3 is 10.1 Å². The molecule has 24 heavy (non-hydrogen) atoms. The van der Waals surface area contributed by atoms with E-state index < -0.39 is 0 Å². The van der Waals surface area contributed by atoms with Gasteiger partial charge >= 0.3 is 5.69 Å². The predicted octanol–water partition coefficient (Wildman–Crippen LogP) is 1.61. The van der Waals surface area contributed by atoms with E-state index >= 15 is 0 Å². The summed E-state index contributed by atoms with van der Waals surface area (Å²) in [4.78, 5) is 25.3. The van der Waals surface area contributed by atoms with Crippen molar-refractivity contribution >= 4 is 29.0 Å². The van der Waals surface area contributed by atoms with E-state index in [-0.39, 0.29) is 23.0 Å². The highest BCUT2D eigenvalue weighted by Crippen LogP contribution is 2.22. The van der Waals surface area contributed by atoms with Crippen LogP contribution in [0.15, 0.2) is 27.5 Å². The van der Waals surface area contributed by atoms with Gasteiger partial charge in [-0.25, -0.2) is 9.89 Å². The van der Waals surface area contributed by atoms with Crippen molar-refractivity contribution in [2.24, 2.45) is 0 Å². The molecule has 2 aromatic rings. The number of ether oxygens (including phenoxy) is 1. The van der Waals surface area contributed by atoms with E-state index in [0.29, 0.717) is 18.2 Å². The maximum absolute atomic E-state index is 12.2. The van der Waals surface area contributed by atoms with Crippen molar-refractivity contribution in [3.63, 3.8) is 0 Å². The number of H-pyrrole nitrogens is 1. The van der Waals surface area contributed by atoms with Gasteiger partial charge in [0.2, 0.25) is 5.91 Å². The molecule has 1 amide bonds. The lowest BCUT2D eigenvalue weighted by Gasteiger charge is -2.13. The molecular formula is C15H20N4O3S2. The summed E-state index contributed by atoms with van der Waals surface area (Å²) in [6, 6.07) is 3.94. The van der Waals surface area contributed by atoms with Gasteiger partial charge in [-0.15, -0.1) is 16.4 Å². The number of hydrogen-bond donors (Lipinski definition) is 2. The average Bonchev–Trinajstić information content (AvgIpc) is 3.31. The lowest BCUT2D eigenvalue weighted by atomic mass is 10.2. The van der Waals surface area contributed by atoms with Crippen molar-refractivity contribution in [1.29, 1.82) is 0 Å². The molecule has 7 nitrogen and oxygen atoms in total. The van der Waals surface area contributed by atoms with E-state index in [2.05, 4.69) is 15.5 Å². The summed E-state index contributed by atoms with van der Waals surface area (Å²) in [6.07, 6.45) is 2.00. The van der Waals surface area contributed by atoms with Crippen LogP contribution in [0, 0.1) is 0 Å². The maximum atomic E-state index is 12.2. The quantitative estimate of drug-likeness (QED) is 0.725. The Morgan fingerprint density at radius 3 is 3.25 bits per heavy atom. The topological polar surface area (TPSA) is 89.0 Å². The second kappa shape index (κ2) is 8.00. The Labute approximate surface area is 147 Å². The molecule has 1 aliphatic rings. The third-order valence-corrected chi connectivity index (χ3v) is 5.77. The van der Waals surface area contributed by atoms with Gasteiger partial charge in [0.15, 0.2) is 5.16 Å². The third-order valence-electron chi connectivity index (χ3n) is 3.80. The molecule has 130 valence electrons. The van der Waals surface area contributed by atoms with Crippen LogP contribution in [0.5, 0.6) is 0 Å². The van der Waals surface area contributed by atoms with Crippen LogP contribution in [0.3, 0.4) is 0 Å². The van der Waals surface area contributed by atoms with Gasteiger partial charge in [-0.2, -0.15) is 0 Å². The molecule has 2 aromatic heterocycles. The zero-order valence-electron chi connectivity index (χ0n) is 13.4. The van der Waals surface area contributed by atoms with Crippen LogP contribution in [0.2, 0.25) is 0 Å². The molecule has 2 N–H and O–H groups in total. The highest BCUT2D eigenvalue weighted by atomic mass is 32.2. The molecule has 0 aliphatic carbocycles.